The Kier molecular flexibility index (Phi) is 8.12. The molecule has 2 aliphatic heterocycles. The molecule has 3 unspecified atom stereocenters. The second-order valence-electron chi connectivity index (χ2n) is 10.6. The highest BCUT2D eigenvalue weighted by Crippen LogP contribution is 2.33. The number of nitrogens with zero attached hydrogens (tertiary/aromatic N) is 2. The highest BCUT2D eigenvalue weighted by molar-refractivity contribution is 5.94. The summed E-state index contributed by atoms with van der Waals surface area (Å²) in [5, 5.41) is 9.19. The summed E-state index contributed by atoms with van der Waals surface area (Å²) in [6.07, 6.45) is 5.30. The quantitative estimate of drug-likeness (QED) is 0.573. The molecule has 0 bridgehead atoms. The monoisotopic (exact) mass is 483 g/mol. The summed E-state index contributed by atoms with van der Waals surface area (Å²) in [4.78, 5) is 44.2. The molecule has 8 nitrogen and oxygen atoms in total. The van der Waals surface area contributed by atoms with Crippen LogP contribution in [0.15, 0.2) is 24.3 Å². The Hall–Kier alpha value is -2.45. The first kappa shape index (κ1) is 25.6. The number of aryl methyl sites for hydroxylation is 1. The van der Waals surface area contributed by atoms with Gasteiger partial charge in [-0.2, -0.15) is 0 Å². The van der Waals surface area contributed by atoms with Gasteiger partial charge in [0.1, 0.15) is 12.1 Å². The Morgan fingerprint density at radius 3 is 2.51 bits per heavy atom. The highest BCUT2D eigenvalue weighted by Gasteiger charge is 2.45. The molecule has 2 heterocycles. The molecule has 4 rings (SSSR count). The molecule has 1 aliphatic carbocycles. The first-order valence-electron chi connectivity index (χ1n) is 13.2. The molecule has 192 valence electrons. The van der Waals surface area contributed by atoms with Crippen LogP contribution >= 0.6 is 0 Å². The summed E-state index contributed by atoms with van der Waals surface area (Å²) in [6, 6.07) is 7.01. The number of nitrogens with one attached hydrogen (secondary N) is 3. The summed E-state index contributed by atoms with van der Waals surface area (Å²) in [5.41, 5.74) is 2.49. The molecule has 0 radical (unpaired) electrons. The van der Waals surface area contributed by atoms with Crippen LogP contribution in [-0.4, -0.2) is 77.9 Å². The average molecular weight is 484 g/mol. The minimum Gasteiger partial charge on any atom is -0.347 e. The van der Waals surface area contributed by atoms with Crippen LogP contribution in [0.5, 0.6) is 0 Å². The molecular weight excluding hydrogens is 442 g/mol. The maximum Gasteiger partial charge on any atom is 0.247 e. The van der Waals surface area contributed by atoms with Crippen molar-refractivity contribution in [3.05, 3.63) is 35.4 Å². The summed E-state index contributed by atoms with van der Waals surface area (Å²) < 4.78 is 0. The van der Waals surface area contributed by atoms with E-state index in [0.717, 1.165) is 38.6 Å². The van der Waals surface area contributed by atoms with Gasteiger partial charge in [-0.25, -0.2) is 0 Å². The van der Waals surface area contributed by atoms with Crippen LogP contribution in [-0.2, 0) is 20.8 Å². The van der Waals surface area contributed by atoms with Crippen LogP contribution in [0.4, 0.5) is 0 Å². The van der Waals surface area contributed by atoms with Crippen LogP contribution in [0.1, 0.15) is 70.0 Å². The number of benzene rings is 1. The largest absolute Gasteiger partial charge is 0.347 e. The van der Waals surface area contributed by atoms with Gasteiger partial charge in [0.25, 0.3) is 0 Å². The number of amides is 3. The number of hydrogen-bond donors (Lipinski definition) is 3. The number of hydrogen-bond acceptors (Lipinski definition) is 5. The van der Waals surface area contributed by atoms with Crippen molar-refractivity contribution in [1.82, 2.24) is 25.8 Å². The minimum absolute atomic E-state index is 0.0135. The van der Waals surface area contributed by atoms with Crippen molar-refractivity contribution in [2.45, 2.75) is 95.5 Å². The Bertz CT molecular complexity index is 935. The maximum absolute atomic E-state index is 13.9. The molecule has 3 aliphatic rings. The van der Waals surface area contributed by atoms with Gasteiger partial charge in [-0.3, -0.25) is 19.3 Å². The van der Waals surface area contributed by atoms with Crippen molar-refractivity contribution in [2.75, 3.05) is 20.1 Å². The molecule has 3 N–H and O–H groups in total. The topological polar surface area (TPSA) is 93.8 Å². The molecule has 0 aromatic heterocycles. The van der Waals surface area contributed by atoms with Gasteiger partial charge < -0.3 is 20.9 Å². The normalized spacial score (nSPS) is 28.0. The number of fused-ring (bicyclic) bond motifs is 2. The van der Waals surface area contributed by atoms with Crippen molar-refractivity contribution < 1.29 is 14.4 Å². The predicted molar refractivity (Wildman–Crippen MR) is 136 cm³/mol. The van der Waals surface area contributed by atoms with E-state index in [1.165, 1.54) is 11.1 Å². The van der Waals surface area contributed by atoms with Crippen molar-refractivity contribution in [1.29, 1.82) is 0 Å². The molecule has 1 aromatic carbocycles. The Labute approximate surface area is 209 Å². The second-order valence-corrected chi connectivity index (χ2v) is 10.6. The molecule has 1 aromatic rings. The molecule has 2 saturated heterocycles. The fraction of sp³-hybridized carbons (Fsp3) is 0.667. The first-order chi connectivity index (χ1) is 16.8. The molecule has 2 fully saturated rings. The third kappa shape index (κ3) is 5.54. The van der Waals surface area contributed by atoms with Crippen LogP contribution in [0.25, 0.3) is 0 Å². The fourth-order valence-corrected chi connectivity index (χ4v) is 5.83. The van der Waals surface area contributed by atoms with Gasteiger partial charge in [0.05, 0.1) is 12.1 Å². The van der Waals surface area contributed by atoms with E-state index in [1.54, 1.807) is 18.9 Å². The minimum atomic E-state index is -0.674. The lowest BCUT2D eigenvalue weighted by Gasteiger charge is -2.40. The van der Waals surface area contributed by atoms with E-state index >= 15 is 0 Å². The second kappa shape index (κ2) is 11.1. The lowest BCUT2D eigenvalue weighted by molar-refractivity contribution is -0.145. The smallest absolute Gasteiger partial charge is 0.247 e. The summed E-state index contributed by atoms with van der Waals surface area (Å²) in [5.74, 6) is -0.415. The van der Waals surface area contributed by atoms with E-state index < -0.39 is 18.1 Å². The third-order valence-electron chi connectivity index (χ3n) is 8.08. The molecule has 5 atom stereocenters. The number of rotatable bonds is 6. The molecule has 3 amide bonds. The first-order valence-corrected chi connectivity index (χ1v) is 13.2. The summed E-state index contributed by atoms with van der Waals surface area (Å²) in [6.45, 7) is 7.30. The predicted octanol–water partition coefficient (Wildman–Crippen LogP) is 1.75. The number of carbonyl (C=O) groups is 3. The van der Waals surface area contributed by atoms with E-state index in [2.05, 4.69) is 46.8 Å². The van der Waals surface area contributed by atoms with Crippen molar-refractivity contribution in [3.63, 3.8) is 0 Å². The molecule has 0 saturated carbocycles. The molecule has 8 heteroatoms. The number of likely N-dealkylation sites (N-methyl/N-ethyl adjacent to an activating group) is 1. The van der Waals surface area contributed by atoms with E-state index in [9.17, 15) is 14.4 Å². The van der Waals surface area contributed by atoms with Gasteiger partial charge in [0, 0.05) is 25.2 Å². The highest BCUT2D eigenvalue weighted by atomic mass is 16.2. The lowest BCUT2D eigenvalue weighted by Crippen LogP contribution is -2.62. The van der Waals surface area contributed by atoms with Crippen molar-refractivity contribution >= 4 is 17.7 Å². The maximum atomic E-state index is 13.9. The van der Waals surface area contributed by atoms with E-state index in [-0.39, 0.29) is 35.8 Å². The Morgan fingerprint density at radius 2 is 1.77 bits per heavy atom. The summed E-state index contributed by atoms with van der Waals surface area (Å²) in [7, 11) is 1.73. The Balaban J connectivity index is 1.53. The Morgan fingerprint density at radius 1 is 1.00 bits per heavy atom. The van der Waals surface area contributed by atoms with Crippen LogP contribution in [0, 0.1) is 0 Å². The van der Waals surface area contributed by atoms with Crippen LogP contribution in [0.3, 0.4) is 0 Å². The van der Waals surface area contributed by atoms with Gasteiger partial charge >= 0.3 is 0 Å². The van der Waals surface area contributed by atoms with E-state index in [4.69, 9.17) is 0 Å². The van der Waals surface area contributed by atoms with E-state index in [0.29, 0.717) is 13.0 Å². The SMILES string of the molecule is CNC(C)C(=O)N[C@H]1CN(C(C)C)CC[C@H]2CCC(C(=O)NC3CCCc4ccccc43)N2C1=O. The zero-order valence-electron chi connectivity index (χ0n) is 21.5. The molecule has 0 spiro atoms. The van der Waals surface area contributed by atoms with Crippen molar-refractivity contribution in [2.24, 2.45) is 0 Å². The molecular formula is C27H41N5O3. The van der Waals surface area contributed by atoms with Crippen LogP contribution in [0.2, 0.25) is 0 Å². The van der Waals surface area contributed by atoms with Gasteiger partial charge in [-0.05, 0) is 77.5 Å². The van der Waals surface area contributed by atoms with Gasteiger partial charge in [-0.1, -0.05) is 24.3 Å². The summed E-state index contributed by atoms with van der Waals surface area (Å²) >= 11 is 0. The van der Waals surface area contributed by atoms with Crippen LogP contribution < -0.4 is 16.0 Å². The van der Waals surface area contributed by atoms with Gasteiger partial charge in [0.2, 0.25) is 17.7 Å². The number of carbonyl (C=O) groups excluding carboxylic acids is 3. The van der Waals surface area contributed by atoms with Gasteiger partial charge in [-0.15, -0.1) is 0 Å². The molecule has 35 heavy (non-hydrogen) atoms. The van der Waals surface area contributed by atoms with Gasteiger partial charge in [0.15, 0.2) is 0 Å². The fourth-order valence-electron chi connectivity index (χ4n) is 5.83. The third-order valence-corrected chi connectivity index (χ3v) is 8.08. The zero-order chi connectivity index (χ0) is 25.1. The standard InChI is InChI=1S/C27H41N5O3/c1-17(2)31-15-14-20-12-13-24(32(20)27(35)23(16-31)30-25(33)18(3)28-4)26(34)29-22-11-7-9-19-8-5-6-10-21(19)22/h5-6,8,10,17-18,20,22-24,28H,7,9,11-16H2,1-4H3,(H,29,34)(H,30,33)/t18?,20-,22?,23+,24?/m1/s1. The average Bonchev–Trinajstić information content (AvgIpc) is 3.27. The van der Waals surface area contributed by atoms with Crippen molar-refractivity contribution in [3.8, 4) is 0 Å². The zero-order valence-corrected chi connectivity index (χ0v) is 21.5. The van der Waals surface area contributed by atoms with E-state index in [1.807, 2.05) is 12.1 Å². The lowest BCUT2D eigenvalue weighted by atomic mass is 9.87.